The summed E-state index contributed by atoms with van der Waals surface area (Å²) in [7, 11) is 4.56. The SMILES string of the molecule is COc1ccc(C(OC[C@@H](C(=O)[O-])N(C)C(=O)OCC2c3ccccc3-c3ccccc32)(c2ccccc2)c2ccc(OC)cc2)cc1. The second-order valence-corrected chi connectivity index (χ2v) is 11.6. The van der Waals surface area contributed by atoms with Crippen molar-refractivity contribution in [2.75, 3.05) is 34.5 Å². The van der Waals surface area contributed by atoms with E-state index < -0.39 is 30.3 Å². The monoisotopic (exact) mass is 642 g/mol. The highest BCUT2D eigenvalue weighted by Crippen LogP contribution is 2.45. The van der Waals surface area contributed by atoms with E-state index in [-0.39, 0.29) is 12.5 Å². The Kier molecular flexibility index (Phi) is 9.45. The van der Waals surface area contributed by atoms with E-state index in [1.165, 1.54) is 7.05 Å². The van der Waals surface area contributed by atoms with Crippen molar-refractivity contribution < 1.29 is 33.6 Å². The van der Waals surface area contributed by atoms with Crippen molar-refractivity contribution in [1.29, 1.82) is 0 Å². The first-order valence-electron chi connectivity index (χ1n) is 15.6. The Morgan fingerprint density at radius 2 is 1.15 bits per heavy atom. The van der Waals surface area contributed by atoms with Crippen LogP contribution in [0.15, 0.2) is 127 Å². The second-order valence-electron chi connectivity index (χ2n) is 11.6. The Balaban J connectivity index is 1.29. The number of carbonyl (C=O) groups is 2. The molecule has 0 aromatic heterocycles. The van der Waals surface area contributed by atoms with E-state index in [0.29, 0.717) is 11.5 Å². The zero-order valence-electron chi connectivity index (χ0n) is 27.0. The molecule has 8 heteroatoms. The van der Waals surface area contributed by atoms with E-state index in [2.05, 4.69) is 12.1 Å². The minimum Gasteiger partial charge on any atom is -0.548 e. The molecule has 6 rings (SSSR count). The first-order valence-corrected chi connectivity index (χ1v) is 15.6. The number of methoxy groups -OCH3 is 2. The number of fused-ring (bicyclic) bond motifs is 3. The Morgan fingerprint density at radius 1 is 0.688 bits per heavy atom. The molecule has 244 valence electrons. The molecule has 0 spiro atoms. The third-order valence-electron chi connectivity index (χ3n) is 8.99. The number of hydrogen-bond donors (Lipinski definition) is 0. The summed E-state index contributed by atoms with van der Waals surface area (Å²) in [6.45, 7) is -0.362. The molecule has 1 aliphatic rings. The quantitative estimate of drug-likeness (QED) is 0.154. The van der Waals surface area contributed by atoms with Crippen molar-refractivity contribution in [3.05, 3.63) is 155 Å². The maximum absolute atomic E-state index is 13.5. The number of carboxylic acid groups (broad SMARTS) is 1. The lowest BCUT2D eigenvalue weighted by Crippen LogP contribution is -2.53. The zero-order chi connectivity index (χ0) is 33.7. The highest BCUT2D eigenvalue weighted by molar-refractivity contribution is 5.80. The number of carbonyl (C=O) groups excluding carboxylic acids is 2. The van der Waals surface area contributed by atoms with E-state index in [4.69, 9.17) is 18.9 Å². The lowest BCUT2D eigenvalue weighted by molar-refractivity contribution is -0.312. The number of nitrogens with zero attached hydrogens (tertiary/aromatic N) is 1. The topological polar surface area (TPSA) is 97.4 Å². The summed E-state index contributed by atoms with van der Waals surface area (Å²) in [5.41, 5.74) is 5.22. The molecular weight excluding hydrogens is 606 g/mol. The van der Waals surface area contributed by atoms with Crippen LogP contribution in [-0.2, 0) is 19.9 Å². The van der Waals surface area contributed by atoms with Gasteiger partial charge in [0.25, 0.3) is 0 Å². The van der Waals surface area contributed by atoms with Crippen LogP contribution in [0.3, 0.4) is 0 Å². The molecule has 0 aliphatic heterocycles. The molecule has 0 unspecified atom stereocenters. The summed E-state index contributed by atoms with van der Waals surface area (Å²) in [5.74, 6) is -0.350. The minimum absolute atomic E-state index is 0.0451. The third-order valence-corrected chi connectivity index (χ3v) is 8.99. The fraction of sp³-hybridized carbons (Fsp3) is 0.200. The molecule has 1 atom stereocenters. The Hall–Kier alpha value is -5.60. The van der Waals surface area contributed by atoms with Crippen molar-refractivity contribution in [2.45, 2.75) is 17.6 Å². The molecule has 0 N–H and O–H groups in total. The maximum atomic E-state index is 13.5. The van der Waals surface area contributed by atoms with Gasteiger partial charge in [0.1, 0.15) is 23.7 Å². The van der Waals surface area contributed by atoms with Crippen LogP contribution in [0.25, 0.3) is 11.1 Å². The molecule has 0 saturated heterocycles. The van der Waals surface area contributed by atoms with Gasteiger partial charge in [-0.1, -0.05) is 103 Å². The summed E-state index contributed by atoms with van der Waals surface area (Å²) in [6, 6.07) is 38.8. The minimum atomic E-state index is -1.47. The number of rotatable bonds is 12. The Bertz CT molecular complexity index is 1780. The lowest BCUT2D eigenvalue weighted by atomic mass is 9.80. The molecule has 0 saturated carbocycles. The van der Waals surface area contributed by atoms with Crippen LogP contribution < -0.4 is 14.6 Å². The molecule has 5 aromatic rings. The van der Waals surface area contributed by atoms with Gasteiger partial charge in [0.2, 0.25) is 0 Å². The maximum Gasteiger partial charge on any atom is 0.410 e. The summed E-state index contributed by atoms with van der Waals surface area (Å²) in [6.07, 6.45) is -0.797. The van der Waals surface area contributed by atoms with Crippen LogP contribution in [0.4, 0.5) is 4.79 Å². The molecule has 8 nitrogen and oxygen atoms in total. The van der Waals surface area contributed by atoms with Crippen LogP contribution in [0.1, 0.15) is 33.7 Å². The van der Waals surface area contributed by atoms with E-state index in [1.54, 1.807) is 14.2 Å². The predicted molar refractivity (Wildman–Crippen MR) is 180 cm³/mol. The van der Waals surface area contributed by atoms with Crippen LogP contribution in [0.5, 0.6) is 11.5 Å². The number of aliphatic carboxylic acids is 1. The van der Waals surface area contributed by atoms with E-state index in [0.717, 1.165) is 43.8 Å². The average Bonchev–Trinajstić information content (AvgIpc) is 3.46. The van der Waals surface area contributed by atoms with Crippen molar-refractivity contribution in [2.24, 2.45) is 0 Å². The highest BCUT2D eigenvalue weighted by Gasteiger charge is 2.40. The van der Waals surface area contributed by atoms with Crippen LogP contribution in [-0.4, -0.2) is 57.5 Å². The van der Waals surface area contributed by atoms with Crippen molar-refractivity contribution in [1.82, 2.24) is 4.90 Å². The Labute approximate surface area is 280 Å². The molecule has 1 aliphatic carbocycles. The van der Waals surface area contributed by atoms with E-state index in [9.17, 15) is 14.7 Å². The molecule has 1 amide bonds. The van der Waals surface area contributed by atoms with Gasteiger partial charge >= 0.3 is 6.09 Å². The highest BCUT2D eigenvalue weighted by atomic mass is 16.6. The second kappa shape index (κ2) is 14.0. The normalized spacial score (nSPS) is 12.8. The molecule has 0 heterocycles. The van der Waals surface area contributed by atoms with Crippen LogP contribution in [0, 0.1) is 0 Å². The summed E-state index contributed by atoms with van der Waals surface area (Å²) in [5, 5.41) is 12.7. The fourth-order valence-electron chi connectivity index (χ4n) is 6.44. The van der Waals surface area contributed by atoms with Gasteiger partial charge in [-0.2, -0.15) is 0 Å². The molecule has 0 fully saturated rings. The predicted octanol–water partition coefficient (Wildman–Crippen LogP) is 6.01. The molecule has 48 heavy (non-hydrogen) atoms. The summed E-state index contributed by atoms with van der Waals surface area (Å²) >= 11 is 0. The number of amides is 1. The fourth-order valence-corrected chi connectivity index (χ4v) is 6.44. The number of hydrogen-bond acceptors (Lipinski definition) is 7. The number of benzene rings is 5. The average molecular weight is 643 g/mol. The van der Waals surface area contributed by atoms with Gasteiger partial charge in [-0.25, -0.2) is 4.79 Å². The van der Waals surface area contributed by atoms with Gasteiger partial charge in [0.15, 0.2) is 0 Å². The number of carboxylic acids is 1. The zero-order valence-corrected chi connectivity index (χ0v) is 27.0. The van der Waals surface area contributed by atoms with Gasteiger partial charge in [-0.3, -0.25) is 0 Å². The lowest BCUT2D eigenvalue weighted by Gasteiger charge is -2.38. The summed E-state index contributed by atoms with van der Waals surface area (Å²) < 4.78 is 23.3. The van der Waals surface area contributed by atoms with Gasteiger partial charge in [0.05, 0.1) is 32.8 Å². The van der Waals surface area contributed by atoms with Crippen molar-refractivity contribution >= 4 is 12.1 Å². The molecule has 0 radical (unpaired) electrons. The number of likely N-dealkylation sites (N-methyl/N-ethyl adjacent to an activating group) is 1. The largest absolute Gasteiger partial charge is 0.548 e. The molecule has 0 bridgehead atoms. The Morgan fingerprint density at radius 3 is 1.62 bits per heavy atom. The molecule has 5 aromatic carbocycles. The van der Waals surface area contributed by atoms with E-state index in [1.807, 2.05) is 115 Å². The third kappa shape index (κ3) is 6.10. The van der Waals surface area contributed by atoms with Crippen LogP contribution >= 0.6 is 0 Å². The molecular formula is C40H36NO7-. The van der Waals surface area contributed by atoms with E-state index >= 15 is 0 Å². The van der Waals surface area contributed by atoms with Gasteiger partial charge in [0, 0.05) is 13.0 Å². The van der Waals surface area contributed by atoms with Gasteiger partial charge in [-0.15, -0.1) is 0 Å². The van der Waals surface area contributed by atoms with Crippen molar-refractivity contribution in [3.8, 4) is 22.6 Å². The standard InChI is InChI=1S/C40H37NO7/c1-41(39(44)47-25-36-34-15-9-7-13-32(34)33-14-8-10-16-35(33)36)37(38(42)43)26-48-40(27-11-5-4-6-12-27,28-17-21-30(45-2)22-18-28)29-19-23-31(46-3)24-20-29/h4-24,36-37H,25-26H2,1-3H3,(H,42,43)/p-1/t37-/m0/s1. The first kappa shape index (κ1) is 32.3. The van der Waals surface area contributed by atoms with Gasteiger partial charge in [-0.05, 0) is 63.2 Å². The summed E-state index contributed by atoms with van der Waals surface area (Å²) in [4.78, 5) is 27.2. The first-order chi connectivity index (χ1) is 23.4. The smallest absolute Gasteiger partial charge is 0.410 e. The van der Waals surface area contributed by atoms with Crippen molar-refractivity contribution in [3.63, 3.8) is 0 Å². The van der Waals surface area contributed by atoms with Crippen LogP contribution in [0.2, 0.25) is 0 Å². The number of ether oxygens (including phenoxy) is 4. The van der Waals surface area contributed by atoms with Gasteiger partial charge < -0.3 is 33.7 Å².